The molecule has 0 saturated carbocycles. The molecule has 0 aromatic heterocycles. The Morgan fingerprint density at radius 1 is 1.21 bits per heavy atom. The van der Waals surface area contributed by atoms with Gasteiger partial charge in [-0.15, -0.1) is 24.0 Å². The first kappa shape index (κ1) is 23.9. The lowest BCUT2D eigenvalue weighted by molar-refractivity contribution is -0.116. The predicted molar refractivity (Wildman–Crippen MR) is 126 cm³/mol. The first-order valence-corrected chi connectivity index (χ1v) is 10.3. The highest BCUT2D eigenvalue weighted by Gasteiger charge is 2.32. The van der Waals surface area contributed by atoms with Gasteiger partial charge in [0.1, 0.15) is 6.10 Å². The summed E-state index contributed by atoms with van der Waals surface area (Å²) < 4.78 is 11.7. The number of carbonyl (C=O) groups excluding carboxylic acids is 1. The molecule has 2 atom stereocenters. The SMILES string of the molecule is CCCC(=O)Nc1ccc(CNC(=NC)N2CCOC(C3CCCO3)C2)cc1.I. The van der Waals surface area contributed by atoms with Gasteiger partial charge in [0.15, 0.2) is 5.96 Å². The zero-order valence-corrected chi connectivity index (χ0v) is 19.7. The smallest absolute Gasteiger partial charge is 0.224 e. The van der Waals surface area contributed by atoms with Crippen molar-refractivity contribution >= 4 is 41.5 Å². The lowest BCUT2D eigenvalue weighted by Crippen LogP contribution is -2.53. The van der Waals surface area contributed by atoms with Crippen molar-refractivity contribution in [3.8, 4) is 0 Å². The number of benzene rings is 1. The van der Waals surface area contributed by atoms with Crippen LogP contribution in [0.5, 0.6) is 0 Å². The van der Waals surface area contributed by atoms with Crippen molar-refractivity contribution in [3.05, 3.63) is 29.8 Å². The first-order chi connectivity index (χ1) is 13.7. The monoisotopic (exact) mass is 516 g/mol. The molecule has 0 bridgehead atoms. The number of guanidine groups is 1. The van der Waals surface area contributed by atoms with Gasteiger partial charge in [-0.2, -0.15) is 0 Å². The van der Waals surface area contributed by atoms with Crippen LogP contribution in [-0.2, 0) is 20.8 Å². The number of ether oxygens (including phenoxy) is 2. The van der Waals surface area contributed by atoms with E-state index in [4.69, 9.17) is 9.47 Å². The van der Waals surface area contributed by atoms with Crippen LogP contribution in [0.15, 0.2) is 29.3 Å². The van der Waals surface area contributed by atoms with Gasteiger partial charge in [-0.25, -0.2) is 0 Å². The number of halogens is 1. The third-order valence-corrected chi connectivity index (χ3v) is 5.15. The summed E-state index contributed by atoms with van der Waals surface area (Å²) in [6.07, 6.45) is 3.91. The Kier molecular flexibility index (Phi) is 10.2. The molecule has 2 heterocycles. The molecule has 7 nitrogen and oxygen atoms in total. The average molecular weight is 516 g/mol. The van der Waals surface area contributed by atoms with Gasteiger partial charge in [-0.05, 0) is 37.0 Å². The molecule has 3 rings (SSSR count). The fourth-order valence-corrected chi connectivity index (χ4v) is 3.66. The summed E-state index contributed by atoms with van der Waals surface area (Å²) in [5, 5.41) is 6.35. The molecule has 0 aliphatic carbocycles. The van der Waals surface area contributed by atoms with Gasteiger partial charge >= 0.3 is 0 Å². The summed E-state index contributed by atoms with van der Waals surface area (Å²) in [4.78, 5) is 18.4. The van der Waals surface area contributed by atoms with Crippen molar-refractivity contribution in [1.82, 2.24) is 10.2 Å². The molecule has 2 saturated heterocycles. The van der Waals surface area contributed by atoms with Crippen molar-refractivity contribution in [2.75, 3.05) is 38.7 Å². The van der Waals surface area contributed by atoms with Crippen LogP contribution in [0.3, 0.4) is 0 Å². The zero-order valence-electron chi connectivity index (χ0n) is 17.4. The molecule has 162 valence electrons. The second-order valence-corrected chi connectivity index (χ2v) is 7.30. The maximum absolute atomic E-state index is 11.7. The van der Waals surface area contributed by atoms with E-state index < -0.39 is 0 Å². The van der Waals surface area contributed by atoms with Crippen molar-refractivity contribution in [2.24, 2.45) is 4.99 Å². The minimum absolute atomic E-state index is 0. The van der Waals surface area contributed by atoms with Crippen LogP contribution in [0.25, 0.3) is 0 Å². The maximum atomic E-state index is 11.7. The van der Waals surface area contributed by atoms with Gasteiger partial charge in [-0.3, -0.25) is 9.79 Å². The Balaban J connectivity index is 0.00000300. The average Bonchev–Trinajstić information content (AvgIpc) is 3.25. The Morgan fingerprint density at radius 2 is 1.97 bits per heavy atom. The Bertz CT molecular complexity index is 662. The lowest BCUT2D eigenvalue weighted by atomic mass is 10.1. The van der Waals surface area contributed by atoms with Gasteiger partial charge in [0.05, 0.1) is 12.7 Å². The van der Waals surface area contributed by atoms with Crippen LogP contribution in [0.2, 0.25) is 0 Å². The van der Waals surface area contributed by atoms with Gasteiger partial charge in [0, 0.05) is 45.4 Å². The largest absolute Gasteiger partial charge is 0.375 e. The number of hydrogen-bond donors (Lipinski definition) is 2. The van der Waals surface area contributed by atoms with Crippen LogP contribution in [0.1, 0.15) is 38.2 Å². The topological polar surface area (TPSA) is 75.2 Å². The molecule has 0 radical (unpaired) electrons. The van der Waals surface area contributed by atoms with E-state index in [1.54, 1.807) is 0 Å². The second-order valence-electron chi connectivity index (χ2n) is 7.30. The Hall–Kier alpha value is -1.39. The molecule has 2 aliphatic heterocycles. The van der Waals surface area contributed by atoms with E-state index in [1.807, 2.05) is 38.2 Å². The summed E-state index contributed by atoms with van der Waals surface area (Å²) in [7, 11) is 1.81. The van der Waals surface area contributed by atoms with E-state index in [0.717, 1.165) is 56.2 Å². The first-order valence-electron chi connectivity index (χ1n) is 10.3. The normalized spacial score (nSPS) is 22.1. The summed E-state index contributed by atoms with van der Waals surface area (Å²) in [6.45, 7) is 5.83. The minimum atomic E-state index is 0. The van der Waals surface area contributed by atoms with Crippen LogP contribution in [0, 0.1) is 0 Å². The molecule has 1 aromatic rings. The third kappa shape index (κ3) is 7.11. The molecule has 2 fully saturated rings. The number of aliphatic imine (C=N–C) groups is 1. The number of rotatable bonds is 6. The van der Waals surface area contributed by atoms with Crippen LogP contribution in [0.4, 0.5) is 5.69 Å². The van der Waals surface area contributed by atoms with Crippen molar-refractivity contribution in [2.45, 2.75) is 51.4 Å². The second kappa shape index (κ2) is 12.3. The summed E-state index contributed by atoms with van der Waals surface area (Å²) >= 11 is 0. The third-order valence-electron chi connectivity index (χ3n) is 5.15. The highest BCUT2D eigenvalue weighted by atomic mass is 127. The molecule has 2 aliphatic rings. The van der Waals surface area contributed by atoms with Gasteiger partial charge in [-0.1, -0.05) is 19.1 Å². The predicted octanol–water partition coefficient (Wildman–Crippen LogP) is 3.00. The molecule has 1 aromatic carbocycles. The van der Waals surface area contributed by atoms with E-state index in [1.165, 1.54) is 0 Å². The van der Waals surface area contributed by atoms with E-state index in [-0.39, 0.29) is 42.1 Å². The number of amides is 1. The van der Waals surface area contributed by atoms with Gasteiger partial charge in [0.25, 0.3) is 0 Å². The summed E-state index contributed by atoms with van der Waals surface area (Å²) in [5.41, 5.74) is 1.97. The fraction of sp³-hybridized carbons (Fsp3) is 0.619. The standard InChI is InChI=1S/C21H32N4O3.HI/c1-3-5-20(26)24-17-9-7-16(8-10-17)14-23-21(22-2)25-11-13-28-19(15-25)18-6-4-12-27-18;/h7-10,18-19H,3-6,11-15H2,1-2H3,(H,22,23)(H,24,26);1H. The number of nitrogens with zero attached hydrogens (tertiary/aromatic N) is 2. The fourth-order valence-electron chi connectivity index (χ4n) is 3.66. The molecule has 8 heteroatoms. The lowest BCUT2D eigenvalue weighted by Gasteiger charge is -2.37. The van der Waals surface area contributed by atoms with Crippen LogP contribution < -0.4 is 10.6 Å². The zero-order chi connectivity index (χ0) is 19.8. The van der Waals surface area contributed by atoms with Gasteiger partial charge < -0.3 is 25.0 Å². The number of nitrogens with one attached hydrogen (secondary N) is 2. The van der Waals surface area contributed by atoms with E-state index in [9.17, 15) is 4.79 Å². The molecule has 29 heavy (non-hydrogen) atoms. The van der Waals surface area contributed by atoms with E-state index in [2.05, 4.69) is 20.5 Å². The Morgan fingerprint density at radius 3 is 2.62 bits per heavy atom. The molecular weight excluding hydrogens is 483 g/mol. The van der Waals surface area contributed by atoms with Crippen molar-refractivity contribution in [3.63, 3.8) is 0 Å². The molecule has 0 spiro atoms. The number of carbonyl (C=O) groups is 1. The van der Waals surface area contributed by atoms with E-state index >= 15 is 0 Å². The summed E-state index contributed by atoms with van der Waals surface area (Å²) in [6, 6.07) is 7.93. The Labute approximate surface area is 190 Å². The van der Waals surface area contributed by atoms with Crippen LogP contribution >= 0.6 is 24.0 Å². The molecule has 2 N–H and O–H groups in total. The van der Waals surface area contributed by atoms with Crippen molar-refractivity contribution in [1.29, 1.82) is 0 Å². The quantitative estimate of drug-likeness (QED) is 0.346. The molecular formula is C21H33IN4O3. The highest BCUT2D eigenvalue weighted by molar-refractivity contribution is 14.0. The number of hydrogen-bond acceptors (Lipinski definition) is 4. The number of anilines is 1. The summed E-state index contributed by atoms with van der Waals surface area (Å²) in [5.74, 6) is 0.938. The number of morpholine rings is 1. The van der Waals surface area contributed by atoms with Gasteiger partial charge in [0.2, 0.25) is 5.91 Å². The minimum Gasteiger partial charge on any atom is -0.375 e. The maximum Gasteiger partial charge on any atom is 0.224 e. The van der Waals surface area contributed by atoms with Crippen molar-refractivity contribution < 1.29 is 14.3 Å². The van der Waals surface area contributed by atoms with E-state index in [0.29, 0.717) is 19.6 Å². The van der Waals surface area contributed by atoms with Crippen LogP contribution in [-0.4, -0.2) is 62.3 Å². The molecule has 2 unspecified atom stereocenters. The molecule has 1 amide bonds. The highest BCUT2D eigenvalue weighted by Crippen LogP contribution is 2.21.